The van der Waals surface area contributed by atoms with Crippen LogP contribution in [0.5, 0.6) is 0 Å². The summed E-state index contributed by atoms with van der Waals surface area (Å²) in [5, 5.41) is 4.65. The highest BCUT2D eigenvalue weighted by Gasteiger charge is 2.19. The summed E-state index contributed by atoms with van der Waals surface area (Å²) in [6.45, 7) is 1.77. The monoisotopic (exact) mass is 318 g/mol. The number of aromatic nitrogens is 2. The van der Waals surface area contributed by atoms with Crippen LogP contribution in [0, 0.1) is 12.7 Å². The average Bonchev–Trinajstić information content (AvgIpc) is 2.82. The first kappa shape index (κ1) is 14.5. The first-order valence-corrected chi connectivity index (χ1v) is 6.92. The highest BCUT2D eigenvalue weighted by molar-refractivity contribution is 6.33. The van der Waals surface area contributed by atoms with E-state index in [0.717, 1.165) is 0 Å². The van der Waals surface area contributed by atoms with E-state index < -0.39 is 11.8 Å². The molecule has 0 saturated carbocycles. The van der Waals surface area contributed by atoms with E-state index in [0.29, 0.717) is 32.9 Å². The van der Waals surface area contributed by atoms with Crippen molar-refractivity contribution in [2.75, 3.05) is 7.11 Å². The number of methoxy groups -OCH3 is 1. The van der Waals surface area contributed by atoms with Crippen molar-refractivity contribution >= 4 is 23.1 Å². The quantitative estimate of drug-likeness (QED) is 0.673. The van der Waals surface area contributed by atoms with E-state index in [-0.39, 0.29) is 0 Å². The van der Waals surface area contributed by atoms with Gasteiger partial charge in [-0.25, -0.2) is 13.7 Å². The third-order valence-corrected chi connectivity index (χ3v) is 3.75. The molecule has 4 nitrogen and oxygen atoms in total. The number of pyridine rings is 1. The molecule has 0 bridgehead atoms. The number of nitrogens with zero attached hydrogens (tertiary/aromatic N) is 2. The lowest BCUT2D eigenvalue weighted by atomic mass is 10.0. The third kappa shape index (κ3) is 2.23. The second kappa shape index (κ2) is 5.42. The summed E-state index contributed by atoms with van der Waals surface area (Å²) < 4.78 is 20.4. The summed E-state index contributed by atoms with van der Waals surface area (Å²) in [4.78, 5) is 11.6. The Bertz CT molecular complexity index is 869. The van der Waals surface area contributed by atoms with E-state index in [1.54, 1.807) is 37.4 Å². The Kier molecular flexibility index (Phi) is 3.58. The van der Waals surface area contributed by atoms with Gasteiger partial charge in [0.2, 0.25) is 0 Å². The van der Waals surface area contributed by atoms with E-state index in [2.05, 4.69) is 9.84 Å². The highest BCUT2D eigenvalue weighted by atomic mass is 35.5. The molecule has 3 aromatic rings. The fourth-order valence-electron chi connectivity index (χ4n) is 2.45. The topological polar surface area (TPSA) is 43.6 Å². The van der Waals surface area contributed by atoms with E-state index in [1.807, 2.05) is 0 Å². The third-order valence-electron chi connectivity index (χ3n) is 3.44. The van der Waals surface area contributed by atoms with Crippen LogP contribution in [0.25, 0.3) is 16.6 Å². The molecule has 112 valence electrons. The van der Waals surface area contributed by atoms with Gasteiger partial charge in [0.05, 0.1) is 28.9 Å². The van der Waals surface area contributed by atoms with Crippen molar-refractivity contribution in [3.8, 4) is 11.1 Å². The molecule has 0 unspecified atom stereocenters. The number of rotatable bonds is 2. The molecule has 3 rings (SSSR count). The standard InChI is InChI=1S/C16H12ClFN2O2/c1-9-14(15-11(17)4-3-5-12(15)18)13-7-6-10(16(21)22-2)8-20(13)19-9/h3-8H,1-2H3. The van der Waals surface area contributed by atoms with Crippen LogP contribution >= 0.6 is 11.6 Å². The van der Waals surface area contributed by atoms with Gasteiger partial charge in [0.25, 0.3) is 0 Å². The van der Waals surface area contributed by atoms with Crippen LogP contribution in [-0.2, 0) is 4.74 Å². The van der Waals surface area contributed by atoms with Gasteiger partial charge in [0, 0.05) is 17.3 Å². The van der Waals surface area contributed by atoms with Crippen molar-refractivity contribution in [3.63, 3.8) is 0 Å². The van der Waals surface area contributed by atoms with Crippen LogP contribution in [0.15, 0.2) is 36.5 Å². The number of fused-ring (bicyclic) bond motifs is 1. The largest absolute Gasteiger partial charge is 0.465 e. The zero-order chi connectivity index (χ0) is 15.9. The molecule has 1 aromatic carbocycles. The van der Waals surface area contributed by atoms with E-state index in [9.17, 15) is 9.18 Å². The van der Waals surface area contributed by atoms with Crippen LogP contribution in [-0.4, -0.2) is 22.7 Å². The molecule has 2 heterocycles. The molecule has 0 amide bonds. The molecular weight excluding hydrogens is 307 g/mol. The maximum absolute atomic E-state index is 14.2. The van der Waals surface area contributed by atoms with Gasteiger partial charge in [-0.3, -0.25) is 0 Å². The minimum Gasteiger partial charge on any atom is -0.465 e. The molecule has 0 aliphatic heterocycles. The van der Waals surface area contributed by atoms with E-state index >= 15 is 0 Å². The smallest absolute Gasteiger partial charge is 0.339 e. The van der Waals surface area contributed by atoms with Gasteiger partial charge in [0.1, 0.15) is 5.82 Å². The summed E-state index contributed by atoms with van der Waals surface area (Å²) in [7, 11) is 1.31. The predicted molar refractivity (Wildman–Crippen MR) is 81.7 cm³/mol. The van der Waals surface area contributed by atoms with Crippen LogP contribution < -0.4 is 0 Å². The zero-order valence-corrected chi connectivity index (χ0v) is 12.7. The Morgan fingerprint density at radius 1 is 1.27 bits per heavy atom. The maximum Gasteiger partial charge on any atom is 0.339 e. The molecule has 0 radical (unpaired) electrons. The summed E-state index contributed by atoms with van der Waals surface area (Å²) in [5.74, 6) is -0.872. The van der Waals surface area contributed by atoms with Gasteiger partial charge >= 0.3 is 5.97 Å². The van der Waals surface area contributed by atoms with Crippen molar-refractivity contribution in [2.45, 2.75) is 6.92 Å². The van der Waals surface area contributed by atoms with Gasteiger partial charge in [-0.1, -0.05) is 17.7 Å². The first-order chi connectivity index (χ1) is 10.5. The fraction of sp³-hybridized carbons (Fsp3) is 0.125. The number of carbonyl (C=O) groups excluding carboxylic acids is 1. The maximum atomic E-state index is 14.2. The minimum atomic E-state index is -0.458. The Morgan fingerprint density at radius 3 is 2.73 bits per heavy atom. The second-order valence-electron chi connectivity index (χ2n) is 4.80. The summed E-state index contributed by atoms with van der Waals surface area (Å²) in [6, 6.07) is 7.85. The van der Waals surface area contributed by atoms with Crippen molar-refractivity contribution in [1.82, 2.24) is 9.61 Å². The van der Waals surface area contributed by atoms with Gasteiger partial charge in [-0.2, -0.15) is 5.10 Å². The molecule has 0 spiro atoms. The van der Waals surface area contributed by atoms with Gasteiger partial charge in [-0.05, 0) is 31.2 Å². The number of hydrogen-bond donors (Lipinski definition) is 0. The Balaban J connectivity index is 2.28. The second-order valence-corrected chi connectivity index (χ2v) is 5.20. The lowest BCUT2D eigenvalue weighted by molar-refractivity contribution is 0.0600. The Labute approximate surface area is 131 Å². The SMILES string of the molecule is COC(=O)c1ccc2c(-c3c(F)cccc3Cl)c(C)nn2c1. The number of hydrogen-bond acceptors (Lipinski definition) is 3. The average molecular weight is 319 g/mol. The lowest BCUT2D eigenvalue weighted by Crippen LogP contribution is -2.03. The summed E-state index contributed by atoms with van der Waals surface area (Å²) in [6.07, 6.45) is 1.55. The number of carbonyl (C=O) groups is 1. The van der Waals surface area contributed by atoms with Crippen molar-refractivity contribution < 1.29 is 13.9 Å². The highest BCUT2D eigenvalue weighted by Crippen LogP contribution is 2.35. The molecule has 2 aromatic heterocycles. The first-order valence-electron chi connectivity index (χ1n) is 6.54. The minimum absolute atomic E-state index is 0.308. The predicted octanol–water partition coefficient (Wildman–Crippen LogP) is 3.89. The molecule has 0 aliphatic carbocycles. The summed E-state index contributed by atoms with van der Waals surface area (Å²) >= 11 is 6.15. The van der Waals surface area contributed by atoms with E-state index in [4.69, 9.17) is 11.6 Å². The van der Waals surface area contributed by atoms with Crippen LogP contribution in [0.3, 0.4) is 0 Å². The van der Waals surface area contributed by atoms with Crippen LogP contribution in [0.4, 0.5) is 4.39 Å². The number of halogens is 2. The number of ether oxygens (including phenoxy) is 1. The molecule has 0 atom stereocenters. The Morgan fingerprint density at radius 2 is 2.05 bits per heavy atom. The Hall–Kier alpha value is -2.40. The van der Waals surface area contributed by atoms with Crippen LogP contribution in [0.1, 0.15) is 16.1 Å². The fourth-order valence-corrected chi connectivity index (χ4v) is 2.71. The van der Waals surface area contributed by atoms with Crippen molar-refractivity contribution in [1.29, 1.82) is 0 Å². The number of benzene rings is 1. The molecular formula is C16H12ClFN2O2. The van der Waals surface area contributed by atoms with Gasteiger partial charge in [0.15, 0.2) is 0 Å². The summed E-state index contributed by atoms with van der Waals surface area (Å²) in [5.41, 5.74) is 2.57. The molecule has 0 aliphatic rings. The molecule has 0 N–H and O–H groups in total. The van der Waals surface area contributed by atoms with Crippen LogP contribution in [0.2, 0.25) is 5.02 Å². The van der Waals surface area contributed by atoms with E-state index in [1.165, 1.54) is 17.7 Å². The molecule has 6 heteroatoms. The number of aryl methyl sites for hydroxylation is 1. The zero-order valence-electron chi connectivity index (χ0n) is 11.9. The van der Waals surface area contributed by atoms with Gasteiger partial charge in [-0.15, -0.1) is 0 Å². The molecule has 0 fully saturated rings. The normalized spacial score (nSPS) is 10.9. The van der Waals surface area contributed by atoms with Crippen molar-refractivity contribution in [3.05, 3.63) is 58.6 Å². The molecule has 22 heavy (non-hydrogen) atoms. The molecule has 0 saturated heterocycles. The van der Waals surface area contributed by atoms with Crippen molar-refractivity contribution in [2.24, 2.45) is 0 Å². The lowest BCUT2D eigenvalue weighted by Gasteiger charge is -2.06. The number of esters is 1. The van der Waals surface area contributed by atoms with Gasteiger partial charge < -0.3 is 4.74 Å².